The van der Waals surface area contributed by atoms with E-state index in [1.807, 2.05) is 17.5 Å². The number of carbonyl (C=O) groups is 2. The van der Waals surface area contributed by atoms with Crippen molar-refractivity contribution in [1.82, 2.24) is 4.57 Å². The van der Waals surface area contributed by atoms with Crippen molar-refractivity contribution in [3.05, 3.63) is 45.9 Å². The van der Waals surface area contributed by atoms with Gasteiger partial charge in [0.05, 0.1) is 6.04 Å². The Morgan fingerprint density at radius 1 is 1.45 bits per heavy atom. The molecule has 0 fully saturated rings. The molecule has 106 valence electrons. The van der Waals surface area contributed by atoms with E-state index in [1.54, 1.807) is 22.1 Å². The van der Waals surface area contributed by atoms with E-state index >= 15 is 0 Å². The summed E-state index contributed by atoms with van der Waals surface area (Å²) in [7, 11) is 0. The molecule has 5 heteroatoms. The Balaban J connectivity index is 2.52. The molecule has 1 atom stereocenters. The van der Waals surface area contributed by atoms with Gasteiger partial charge in [-0.1, -0.05) is 19.4 Å². The molecule has 0 amide bonds. The first-order valence-corrected chi connectivity index (χ1v) is 7.42. The van der Waals surface area contributed by atoms with E-state index in [0.717, 1.165) is 17.7 Å². The topological polar surface area (TPSA) is 59.3 Å². The first kappa shape index (κ1) is 14.5. The minimum Gasteiger partial charge on any atom is -0.477 e. The zero-order valence-electron chi connectivity index (χ0n) is 11.5. The van der Waals surface area contributed by atoms with Crippen molar-refractivity contribution in [3.8, 4) is 0 Å². The van der Waals surface area contributed by atoms with E-state index in [0.29, 0.717) is 5.56 Å². The van der Waals surface area contributed by atoms with Gasteiger partial charge in [-0.15, -0.1) is 11.3 Å². The third-order valence-electron chi connectivity index (χ3n) is 3.24. The van der Waals surface area contributed by atoms with Gasteiger partial charge in [0.25, 0.3) is 0 Å². The number of rotatable bonds is 6. The summed E-state index contributed by atoms with van der Waals surface area (Å²) in [6.45, 7) is 3.52. The van der Waals surface area contributed by atoms with E-state index in [-0.39, 0.29) is 17.5 Å². The second-order valence-corrected chi connectivity index (χ2v) is 5.68. The third-order valence-corrected chi connectivity index (χ3v) is 4.22. The van der Waals surface area contributed by atoms with Crippen LogP contribution in [0.2, 0.25) is 0 Å². The summed E-state index contributed by atoms with van der Waals surface area (Å²) >= 11 is 1.61. The summed E-state index contributed by atoms with van der Waals surface area (Å²) in [5.41, 5.74) is 0.613. The Labute approximate surface area is 121 Å². The number of aromatic nitrogens is 1. The number of hydrogen-bond acceptors (Lipinski definition) is 3. The fourth-order valence-corrected chi connectivity index (χ4v) is 3.13. The maximum absolute atomic E-state index is 11.5. The summed E-state index contributed by atoms with van der Waals surface area (Å²) in [6, 6.07) is 5.39. The van der Waals surface area contributed by atoms with Crippen LogP contribution in [-0.4, -0.2) is 21.4 Å². The van der Waals surface area contributed by atoms with Gasteiger partial charge in [0, 0.05) is 16.6 Å². The van der Waals surface area contributed by atoms with Gasteiger partial charge in [0.15, 0.2) is 5.78 Å². The lowest BCUT2D eigenvalue weighted by molar-refractivity contribution is 0.0683. The highest BCUT2D eigenvalue weighted by molar-refractivity contribution is 7.10. The van der Waals surface area contributed by atoms with Gasteiger partial charge in [-0.25, -0.2) is 4.79 Å². The number of nitrogens with zero attached hydrogens (tertiary/aromatic N) is 1. The van der Waals surface area contributed by atoms with Crippen LogP contribution < -0.4 is 0 Å². The average Bonchev–Trinajstić information content (AvgIpc) is 3.05. The normalized spacial score (nSPS) is 12.3. The van der Waals surface area contributed by atoms with Crippen molar-refractivity contribution in [2.45, 2.75) is 32.7 Å². The SMILES string of the molecule is CCCC(c1cccs1)n1cc(C(C)=O)cc1C(=O)O. The molecule has 0 aliphatic rings. The van der Waals surface area contributed by atoms with Crippen molar-refractivity contribution in [3.63, 3.8) is 0 Å². The third kappa shape index (κ3) is 2.82. The zero-order chi connectivity index (χ0) is 14.7. The number of thiophene rings is 1. The van der Waals surface area contributed by atoms with Crippen molar-refractivity contribution in [1.29, 1.82) is 0 Å². The van der Waals surface area contributed by atoms with Crippen LogP contribution in [0.1, 0.15) is 58.5 Å². The number of carboxylic acids is 1. The van der Waals surface area contributed by atoms with Crippen LogP contribution in [0, 0.1) is 0 Å². The van der Waals surface area contributed by atoms with E-state index < -0.39 is 5.97 Å². The Kier molecular flexibility index (Phi) is 4.39. The number of aromatic carboxylic acids is 1. The Morgan fingerprint density at radius 2 is 2.20 bits per heavy atom. The predicted molar refractivity (Wildman–Crippen MR) is 78.8 cm³/mol. The second kappa shape index (κ2) is 6.05. The van der Waals surface area contributed by atoms with Crippen LogP contribution in [0.15, 0.2) is 29.8 Å². The monoisotopic (exact) mass is 291 g/mol. The molecule has 4 nitrogen and oxygen atoms in total. The Hall–Kier alpha value is -1.88. The quantitative estimate of drug-likeness (QED) is 0.823. The fourth-order valence-electron chi connectivity index (χ4n) is 2.27. The lowest BCUT2D eigenvalue weighted by Gasteiger charge is -2.18. The molecule has 0 bridgehead atoms. The molecule has 2 aromatic rings. The maximum atomic E-state index is 11.5. The van der Waals surface area contributed by atoms with Gasteiger partial charge >= 0.3 is 5.97 Å². The number of carboxylic acid groups (broad SMARTS) is 1. The first-order valence-electron chi connectivity index (χ1n) is 6.54. The molecule has 0 aromatic carbocycles. The number of Topliss-reactive ketones (excluding diaryl/α,β-unsaturated/α-hetero) is 1. The molecular weight excluding hydrogens is 274 g/mol. The maximum Gasteiger partial charge on any atom is 0.352 e. The summed E-state index contributed by atoms with van der Waals surface area (Å²) in [5, 5.41) is 11.3. The fraction of sp³-hybridized carbons (Fsp3) is 0.333. The van der Waals surface area contributed by atoms with Gasteiger partial charge in [-0.05, 0) is 30.9 Å². The number of carbonyl (C=O) groups excluding carboxylic acids is 1. The van der Waals surface area contributed by atoms with E-state index in [9.17, 15) is 14.7 Å². The molecule has 0 saturated carbocycles. The van der Waals surface area contributed by atoms with Gasteiger partial charge in [-0.3, -0.25) is 4.79 Å². The first-order chi connectivity index (χ1) is 9.54. The predicted octanol–water partition coefficient (Wildman–Crippen LogP) is 3.84. The van der Waals surface area contributed by atoms with E-state index in [1.165, 1.54) is 13.0 Å². The van der Waals surface area contributed by atoms with Crippen LogP contribution in [0.3, 0.4) is 0 Å². The molecule has 0 spiro atoms. The van der Waals surface area contributed by atoms with Gasteiger partial charge < -0.3 is 9.67 Å². The second-order valence-electron chi connectivity index (χ2n) is 4.70. The number of ketones is 1. The lowest BCUT2D eigenvalue weighted by Crippen LogP contribution is -2.14. The Bertz CT molecular complexity index is 613. The minimum absolute atomic E-state index is 0.0285. The molecule has 0 aliphatic carbocycles. The van der Waals surface area contributed by atoms with Gasteiger partial charge in [-0.2, -0.15) is 0 Å². The molecule has 20 heavy (non-hydrogen) atoms. The molecule has 2 rings (SSSR count). The smallest absolute Gasteiger partial charge is 0.352 e. The largest absolute Gasteiger partial charge is 0.477 e. The molecule has 2 aromatic heterocycles. The summed E-state index contributed by atoms with van der Waals surface area (Å²) < 4.78 is 1.72. The zero-order valence-corrected chi connectivity index (χ0v) is 12.3. The molecule has 0 radical (unpaired) electrons. The van der Waals surface area contributed by atoms with Gasteiger partial charge in [0.1, 0.15) is 5.69 Å². The van der Waals surface area contributed by atoms with Crippen molar-refractivity contribution < 1.29 is 14.7 Å². The van der Waals surface area contributed by atoms with Crippen LogP contribution in [0.25, 0.3) is 0 Å². The highest BCUT2D eigenvalue weighted by Gasteiger charge is 2.22. The minimum atomic E-state index is -1.00. The summed E-state index contributed by atoms with van der Waals surface area (Å²) in [4.78, 5) is 24.0. The molecule has 1 unspecified atom stereocenters. The Morgan fingerprint density at radius 3 is 2.70 bits per heavy atom. The van der Waals surface area contributed by atoms with E-state index in [4.69, 9.17) is 0 Å². The summed E-state index contributed by atoms with van der Waals surface area (Å²) in [6.07, 6.45) is 3.44. The molecule has 1 N–H and O–H groups in total. The van der Waals surface area contributed by atoms with E-state index in [2.05, 4.69) is 6.92 Å². The highest BCUT2D eigenvalue weighted by atomic mass is 32.1. The molecule has 0 aliphatic heterocycles. The lowest BCUT2D eigenvalue weighted by atomic mass is 10.1. The van der Waals surface area contributed by atoms with Gasteiger partial charge in [0.2, 0.25) is 0 Å². The molecule has 0 saturated heterocycles. The van der Waals surface area contributed by atoms with Crippen LogP contribution in [0.4, 0.5) is 0 Å². The van der Waals surface area contributed by atoms with Crippen LogP contribution in [0.5, 0.6) is 0 Å². The standard InChI is InChI=1S/C15H17NO3S/c1-3-5-12(14-6-4-7-20-14)16-9-11(10(2)17)8-13(16)15(18)19/h4,6-9,12H,3,5H2,1-2H3,(H,18,19). The van der Waals surface area contributed by atoms with Crippen LogP contribution >= 0.6 is 11.3 Å². The summed E-state index contributed by atoms with van der Waals surface area (Å²) in [5.74, 6) is -1.12. The highest BCUT2D eigenvalue weighted by Crippen LogP contribution is 2.30. The molecule has 2 heterocycles. The van der Waals surface area contributed by atoms with Crippen LogP contribution in [-0.2, 0) is 0 Å². The van der Waals surface area contributed by atoms with Crippen molar-refractivity contribution in [2.75, 3.05) is 0 Å². The number of hydrogen-bond donors (Lipinski definition) is 1. The van der Waals surface area contributed by atoms with Crippen molar-refractivity contribution in [2.24, 2.45) is 0 Å². The average molecular weight is 291 g/mol. The molecular formula is C15H17NO3S. The van der Waals surface area contributed by atoms with Crippen molar-refractivity contribution >= 4 is 23.1 Å².